The molecule has 0 unspecified atom stereocenters. The molecule has 0 radical (unpaired) electrons. The fraction of sp³-hybridized carbons (Fsp3) is 0.600. The first-order valence-corrected chi connectivity index (χ1v) is 25.4. The summed E-state index contributed by atoms with van der Waals surface area (Å²) < 4.78 is 180. The summed E-state index contributed by atoms with van der Waals surface area (Å²) in [5.74, 6) is -4.74. The Bertz CT molecular complexity index is 2520. The van der Waals surface area contributed by atoms with Gasteiger partial charge in [-0.05, 0) is 148 Å². The molecule has 0 aromatic heterocycles. The predicted molar refractivity (Wildman–Crippen MR) is 250 cm³/mol. The van der Waals surface area contributed by atoms with Crippen molar-refractivity contribution in [3.8, 4) is 11.5 Å². The Morgan fingerprint density at radius 3 is 1.22 bits per heavy atom. The number of benzene rings is 4. The number of hydrogen-bond acceptors (Lipinski definition) is 5. The average molecular weight is 1050 g/mol. The molecule has 4 saturated carbocycles. The third kappa shape index (κ3) is 13.1. The zero-order valence-corrected chi connectivity index (χ0v) is 40.7. The average Bonchev–Trinajstić information content (AvgIpc) is 3.34. The molecule has 8 rings (SSSR count). The molecule has 73 heavy (non-hydrogen) atoms. The van der Waals surface area contributed by atoms with Crippen molar-refractivity contribution in [2.45, 2.75) is 178 Å². The summed E-state index contributed by atoms with van der Waals surface area (Å²) in [4.78, 5) is 24.6. The summed E-state index contributed by atoms with van der Waals surface area (Å²) in [6.45, 7) is 0. The van der Waals surface area contributed by atoms with E-state index in [0.29, 0.717) is 73.3 Å². The second-order valence-corrected chi connectivity index (χ2v) is 20.6. The quantitative estimate of drug-likeness (QED) is 0.112. The number of carboxylic acids is 1. The zero-order chi connectivity index (χ0) is 53.0. The van der Waals surface area contributed by atoms with Crippen molar-refractivity contribution >= 4 is 33.5 Å². The van der Waals surface area contributed by atoms with Crippen LogP contribution < -0.4 is 9.47 Å². The zero-order valence-electron chi connectivity index (χ0n) is 40.7. The first-order valence-electron chi connectivity index (χ1n) is 25.4. The van der Waals surface area contributed by atoms with Crippen molar-refractivity contribution in [1.29, 1.82) is 0 Å². The fourth-order valence-corrected chi connectivity index (χ4v) is 11.9. The molecule has 0 spiro atoms. The topological polar surface area (TPSA) is 82.1 Å². The van der Waals surface area contributed by atoms with Crippen LogP contribution in [0.1, 0.15) is 151 Å². The largest absolute Gasteiger partial charge is 0.490 e. The highest BCUT2D eigenvalue weighted by molar-refractivity contribution is 5.92. The van der Waals surface area contributed by atoms with E-state index in [-0.39, 0.29) is 79.6 Å². The van der Waals surface area contributed by atoms with Crippen LogP contribution >= 0.6 is 0 Å². The molecule has 4 aromatic carbocycles. The summed E-state index contributed by atoms with van der Waals surface area (Å²) in [6, 6.07) is 15.0. The molecule has 0 amide bonds. The molecular weight excluding hydrogens is 985 g/mol. The van der Waals surface area contributed by atoms with Gasteiger partial charge >= 0.3 is 36.6 Å². The number of aliphatic carboxylic acids is 1. The number of rotatable bonds is 12. The minimum atomic E-state index is -4.73. The smallest absolute Gasteiger partial charge is 0.420 e. The van der Waals surface area contributed by atoms with E-state index in [2.05, 4.69) is 0 Å². The van der Waals surface area contributed by atoms with E-state index in [1.165, 1.54) is 37.4 Å². The summed E-state index contributed by atoms with van der Waals surface area (Å²) in [5, 5.41) is 10.6. The lowest BCUT2D eigenvalue weighted by Gasteiger charge is -2.34. The van der Waals surface area contributed by atoms with E-state index in [1.54, 1.807) is 30.3 Å². The van der Waals surface area contributed by atoms with Gasteiger partial charge in [0.25, 0.3) is 0 Å². The van der Waals surface area contributed by atoms with Gasteiger partial charge in [0.05, 0.1) is 42.0 Å². The number of carbonyl (C=O) groups excluding carboxylic acids is 1. The van der Waals surface area contributed by atoms with Crippen molar-refractivity contribution in [1.82, 2.24) is 0 Å². The molecule has 0 saturated heterocycles. The molecule has 4 aromatic rings. The third-order valence-electron chi connectivity index (χ3n) is 16.1. The van der Waals surface area contributed by atoms with E-state index < -0.39 is 76.7 Å². The Balaban J connectivity index is 0.000000214. The van der Waals surface area contributed by atoms with Crippen LogP contribution in [0.3, 0.4) is 0 Å². The van der Waals surface area contributed by atoms with Crippen LogP contribution in [0.15, 0.2) is 60.7 Å². The number of halogens is 12. The van der Waals surface area contributed by atoms with E-state index >= 15 is 0 Å². The molecule has 4 fully saturated rings. The van der Waals surface area contributed by atoms with Crippen LogP contribution in [0.2, 0.25) is 0 Å². The lowest BCUT2D eigenvalue weighted by molar-refractivity contribution is -0.186. The number of hydrogen-bond donors (Lipinski definition) is 1. The highest BCUT2D eigenvalue weighted by Gasteiger charge is 2.46. The number of carboxylic acid groups (broad SMARTS) is 1. The number of carbonyl (C=O) groups is 2. The molecule has 18 heteroatoms. The van der Waals surface area contributed by atoms with Gasteiger partial charge < -0.3 is 19.3 Å². The first-order chi connectivity index (χ1) is 34.3. The monoisotopic (exact) mass is 1050 g/mol. The maximum atomic E-state index is 14.3. The summed E-state index contributed by atoms with van der Waals surface area (Å²) in [7, 11) is 1.36. The van der Waals surface area contributed by atoms with Gasteiger partial charge in [0.2, 0.25) is 0 Å². The summed E-state index contributed by atoms with van der Waals surface area (Å²) in [6.07, 6.45) is -10.3. The maximum absolute atomic E-state index is 14.3. The number of alkyl halides is 12. The lowest BCUT2D eigenvalue weighted by atomic mass is 9.70. The molecule has 4 aliphatic carbocycles. The summed E-state index contributed by atoms with van der Waals surface area (Å²) >= 11 is 0. The van der Waals surface area contributed by atoms with Crippen LogP contribution in [-0.4, -0.2) is 48.7 Å². The van der Waals surface area contributed by atoms with Gasteiger partial charge in [-0.3, -0.25) is 9.59 Å². The van der Waals surface area contributed by atoms with E-state index in [4.69, 9.17) is 14.2 Å². The predicted octanol–water partition coefficient (Wildman–Crippen LogP) is 16.7. The molecule has 4 aliphatic rings. The Kier molecular flexibility index (Phi) is 17.2. The Morgan fingerprint density at radius 1 is 0.507 bits per heavy atom. The number of ether oxygens (including phenoxy) is 3. The van der Waals surface area contributed by atoms with E-state index in [1.807, 2.05) is 0 Å². The van der Waals surface area contributed by atoms with Crippen LogP contribution in [0.25, 0.3) is 21.5 Å². The van der Waals surface area contributed by atoms with Crippen LogP contribution in [0.4, 0.5) is 52.7 Å². The van der Waals surface area contributed by atoms with Gasteiger partial charge in [-0.2, -0.15) is 52.7 Å². The van der Waals surface area contributed by atoms with Gasteiger partial charge in [-0.15, -0.1) is 0 Å². The van der Waals surface area contributed by atoms with Gasteiger partial charge in [0, 0.05) is 0 Å². The standard InChI is InChI=1S/C28H32F6O3.C27H30F6O3/c1-36-25(35)26(15-3-2-4-16-26)17-14-18-6-5-7-22-21(18)12-13-23(24(22)28(32,33)34)37-20-10-8-19(9-11-20)27(29,30)31;28-26(29,30)18-7-9-19(10-8-18)36-22-12-11-20-17(5-4-6-21(20)23(22)27(31,32)33)13-16-25(24(34)35)14-2-1-3-15-25/h5-7,12-13,19-20H,2-4,8-11,14-17H2,1H3;4-6,11-12,18-19H,1-3,7-10,13-16H2,(H,34,35). The second kappa shape index (κ2) is 22.5. The van der Waals surface area contributed by atoms with Crippen molar-refractivity contribution in [3.63, 3.8) is 0 Å². The van der Waals surface area contributed by atoms with Crippen molar-refractivity contribution in [2.24, 2.45) is 22.7 Å². The van der Waals surface area contributed by atoms with Crippen molar-refractivity contribution in [2.75, 3.05) is 7.11 Å². The fourth-order valence-electron chi connectivity index (χ4n) is 11.9. The van der Waals surface area contributed by atoms with Crippen LogP contribution in [-0.2, 0) is 39.5 Å². The van der Waals surface area contributed by atoms with Crippen molar-refractivity contribution < 1.29 is 81.6 Å². The Morgan fingerprint density at radius 2 is 0.877 bits per heavy atom. The van der Waals surface area contributed by atoms with Gasteiger partial charge in [0.15, 0.2) is 0 Å². The number of fused-ring (bicyclic) bond motifs is 2. The Labute approximate surface area is 416 Å². The maximum Gasteiger partial charge on any atom is 0.420 e. The number of methoxy groups -OCH3 is 1. The number of esters is 1. The molecule has 0 atom stereocenters. The molecule has 402 valence electrons. The molecule has 0 bridgehead atoms. The van der Waals surface area contributed by atoms with Crippen molar-refractivity contribution in [3.05, 3.63) is 82.9 Å². The van der Waals surface area contributed by atoms with Crippen LogP contribution in [0.5, 0.6) is 11.5 Å². The van der Waals surface area contributed by atoms with Gasteiger partial charge in [0.1, 0.15) is 22.6 Å². The van der Waals surface area contributed by atoms with Gasteiger partial charge in [-0.1, -0.05) is 87.1 Å². The minimum Gasteiger partial charge on any atom is -0.490 e. The normalized spacial score (nSPS) is 22.8. The van der Waals surface area contributed by atoms with Crippen LogP contribution in [0, 0.1) is 22.7 Å². The molecule has 0 heterocycles. The lowest BCUT2D eigenvalue weighted by Crippen LogP contribution is -2.35. The van der Waals surface area contributed by atoms with E-state index in [0.717, 1.165) is 38.5 Å². The van der Waals surface area contributed by atoms with E-state index in [9.17, 15) is 67.4 Å². The second-order valence-electron chi connectivity index (χ2n) is 20.6. The highest BCUT2D eigenvalue weighted by atomic mass is 19.4. The number of aryl methyl sites for hydroxylation is 2. The molecule has 1 N–H and O–H groups in total. The SMILES string of the molecule is COC(=O)C1(CCc2cccc3c(C(F)(F)F)c(OC4CCC(C(F)(F)F)CC4)ccc23)CCCCC1.O=C(O)C1(CCc2cccc3c(C(F)(F)F)c(OC4CCC(C(F)(F)F)CC4)ccc23)CCCCC1. The molecular formula is C55H62F12O6. The highest BCUT2D eigenvalue weighted by Crippen LogP contribution is 2.49. The van der Waals surface area contributed by atoms with Gasteiger partial charge in [-0.25, -0.2) is 0 Å². The first kappa shape index (κ1) is 55.8. The Hall–Kier alpha value is -4.90. The molecule has 6 nitrogen and oxygen atoms in total. The third-order valence-corrected chi connectivity index (χ3v) is 16.1. The molecule has 0 aliphatic heterocycles. The summed E-state index contributed by atoms with van der Waals surface area (Å²) in [5.41, 5.74) is -1.99. The minimum absolute atomic E-state index is 0.0118.